The number of rotatable bonds is 7. The van der Waals surface area contributed by atoms with Gasteiger partial charge < -0.3 is 9.80 Å². The molecule has 38 heavy (non-hydrogen) atoms. The van der Waals surface area contributed by atoms with E-state index in [9.17, 15) is 9.59 Å². The summed E-state index contributed by atoms with van der Waals surface area (Å²) in [7, 11) is 0. The van der Waals surface area contributed by atoms with Crippen LogP contribution in [0.15, 0.2) is 36.0 Å². The van der Waals surface area contributed by atoms with Crippen LogP contribution in [0, 0.1) is 25.2 Å². The molecule has 1 aliphatic rings. The average Bonchev–Trinajstić information content (AvgIpc) is 3.58. The first-order valence-corrected chi connectivity index (χ1v) is 13.3. The van der Waals surface area contributed by atoms with Crippen LogP contribution < -0.4 is 0 Å². The molecule has 5 heterocycles. The number of nitrogens with zero attached hydrogens (tertiary/aromatic N) is 9. The number of hydrogen-bond acceptors (Lipinski definition) is 9. The number of pyridine rings is 1. The SMILES string of the molecule is Cc1cc2nnc(C(=O)N3CCC(c4nc(C(=O)N(CCC#N)Cc5cccnc5)cs4)CC3)c(C)n2n1. The summed E-state index contributed by atoms with van der Waals surface area (Å²) in [4.78, 5) is 38.7. The molecule has 12 heteroatoms. The summed E-state index contributed by atoms with van der Waals surface area (Å²) in [6.07, 6.45) is 5.14. The minimum absolute atomic E-state index is 0.151. The maximum absolute atomic E-state index is 13.2. The Morgan fingerprint density at radius 1 is 1.24 bits per heavy atom. The Balaban J connectivity index is 1.23. The van der Waals surface area contributed by atoms with E-state index in [0.717, 1.165) is 29.1 Å². The number of carbonyl (C=O) groups excluding carboxylic acids is 2. The highest BCUT2D eigenvalue weighted by Gasteiger charge is 2.29. The topological polar surface area (TPSA) is 133 Å². The van der Waals surface area contributed by atoms with E-state index in [1.54, 1.807) is 32.1 Å². The molecule has 0 spiro atoms. The fraction of sp³-hybridized carbons (Fsp3) is 0.385. The Morgan fingerprint density at radius 3 is 2.79 bits per heavy atom. The molecule has 194 valence electrons. The number of likely N-dealkylation sites (tertiary alicyclic amines) is 1. The van der Waals surface area contributed by atoms with Crippen molar-refractivity contribution in [3.05, 3.63) is 69.3 Å². The normalized spacial score (nSPS) is 14.0. The molecule has 2 amide bonds. The van der Waals surface area contributed by atoms with Crippen molar-refractivity contribution in [2.24, 2.45) is 0 Å². The van der Waals surface area contributed by atoms with Gasteiger partial charge in [0.05, 0.1) is 28.9 Å². The molecule has 4 aromatic heterocycles. The van der Waals surface area contributed by atoms with E-state index >= 15 is 0 Å². The van der Waals surface area contributed by atoms with Crippen molar-refractivity contribution in [2.75, 3.05) is 19.6 Å². The van der Waals surface area contributed by atoms with E-state index in [1.807, 2.05) is 32.0 Å². The van der Waals surface area contributed by atoms with E-state index in [1.165, 1.54) is 11.3 Å². The molecule has 1 aliphatic heterocycles. The second-order valence-corrected chi connectivity index (χ2v) is 10.2. The summed E-state index contributed by atoms with van der Waals surface area (Å²) < 4.78 is 1.66. The van der Waals surface area contributed by atoms with Gasteiger partial charge in [0.2, 0.25) is 0 Å². The smallest absolute Gasteiger partial charge is 0.276 e. The molecule has 0 N–H and O–H groups in total. The third kappa shape index (κ3) is 5.24. The molecule has 0 saturated carbocycles. The first-order valence-electron chi connectivity index (χ1n) is 12.4. The van der Waals surface area contributed by atoms with Crippen LogP contribution in [0.4, 0.5) is 0 Å². The Labute approximate surface area is 223 Å². The maximum Gasteiger partial charge on any atom is 0.276 e. The van der Waals surface area contributed by atoms with Gasteiger partial charge >= 0.3 is 0 Å². The number of piperidine rings is 1. The third-order valence-corrected chi connectivity index (χ3v) is 7.68. The van der Waals surface area contributed by atoms with Gasteiger partial charge in [-0.15, -0.1) is 21.5 Å². The second-order valence-electron chi connectivity index (χ2n) is 9.32. The van der Waals surface area contributed by atoms with E-state index in [2.05, 4.69) is 31.3 Å². The zero-order valence-corrected chi connectivity index (χ0v) is 22.1. The molecule has 0 aliphatic carbocycles. The number of hydrogen-bond donors (Lipinski definition) is 0. The van der Waals surface area contributed by atoms with Crippen molar-refractivity contribution in [3.8, 4) is 6.07 Å². The average molecular weight is 530 g/mol. The van der Waals surface area contributed by atoms with Crippen LogP contribution in [0.3, 0.4) is 0 Å². The van der Waals surface area contributed by atoms with Gasteiger partial charge in [-0.1, -0.05) is 6.07 Å². The molecular weight excluding hydrogens is 502 g/mol. The van der Waals surface area contributed by atoms with Gasteiger partial charge in [0, 0.05) is 55.9 Å². The zero-order chi connectivity index (χ0) is 26.6. The molecule has 0 atom stereocenters. The van der Waals surface area contributed by atoms with Crippen LogP contribution in [-0.2, 0) is 6.54 Å². The fourth-order valence-electron chi connectivity index (χ4n) is 4.64. The second kappa shape index (κ2) is 11.0. The minimum Gasteiger partial charge on any atom is -0.337 e. The van der Waals surface area contributed by atoms with Crippen LogP contribution in [0.25, 0.3) is 5.65 Å². The molecule has 0 aromatic carbocycles. The molecule has 4 aromatic rings. The lowest BCUT2D eigenvalue weighted by Gasteiger charge is -2.31. The Morgan fingerprint density at radius 2 is 2.05 bits per heavy atom. The summed E-state index contributed by atoms with van der Waals surface area (Å²) in [5, 5.41) is 24.5. The van der Waals surface area contributed by atoms with Crippen molar-refractivity contribution in [1.82, 2.24) is 39.6 Å². The van der Waals surface area contributed by atoms with Gasteiger partial charge in [-0.05, 0) is 38.3 Å². The monoisotopic (exact) mass is 529 g/mol. The molecular formula is C26H27N9O2S. The summed E-state index contributed by atoms with van der Waals surface area (Å²) in [5.74, 6) is -0.181. The third-order valence-electron chi connectivity index (χ3n) is 6.68. The Hall–Kier alpha value is -4.24. The lowest BCUT2D eigenvalue weighted by molar-refractivity contribution is 0.0703. The van der Waals surface area contributed by atoms with Crippen molar-refractivity contribution in [3.63, 3.8) is 0 Å². The van der Waals surface area contributed by atoms with Crippen LogP contribution in [0.1, 0.15) is 68.1 Å². The highest BCUT2D eigenvalue weighted by molar-refractivity contribution is 7.09. The number of fused-ring (bicyclic) bond motifs is 1. The first-order chi connectivity index (χ1) is 18.4. The number of amides is 2. The molecule has 1 saturated heterocycles. The standard InChI is InChI=1S/C26H27N9O2S/c1-17-13-22-30-31-23(18(2)35(22)32-17)26(37)33-11-6-20(7-12-33)24-29-21(16-38-24)25(36)34(10-4-8-27)15-19-5-3-9-28-14-19/h3,5,9,13-14,16,20H,4,6-7,10-12,15H2,1-2H3. The summed E-state index contributed by atoms with van der Waals surface area (Å²) >= 11 is 1.47. The number of thiazole rings is 1. The predicted molar refractivity (Wildman–Crippen MR) is 139 cm³/mol. The van der Waals surface area contributed by atoms with E-state index < -0.39 is 0 Å². The molecule has 5 rings (SSSR count). The van der Waals surface area contributed by atoms with Crippen LogP contribution in [-0.4, -0.2) is 71.0 Å². The van der Waals surface area contributed by atoms with Crippen molar-refractivity contribution >= 4 is 28.8 Å². The first kappa shape index (κ1) is 25.4. The van der Waals surface area contributed by atoms with Gasteiger partial charge in [-0.25, -0.2) is 9.50 Å². The lowest BCUT2D eigenvalue weighted by Crippen LogP contribution is -2.39. The van der Waals surface area contributed by atoms with Crippen molar-refractivity contribution in [2.45, 2.75) is 45.6 Å². The summed E-state index contributed by atoms with van der Waals surface area (Å²) in [6.45, 7) is 5.54. The Bertz CT molecular complexity index is 1500. The van der Waals surface area contributed by atoms with Crippen LogP contribution in [0.5, 0.6) is 0 Å². The van der Waals surface area contributed by atoms with Crippen LogP contribution in [0.2, 0.25) is 0 Å². The van der Waals surface area contributed by atoms with Gasteiger partial charge in [0.15, 0.2) is 11.3 Å². The molecule has 0 bridgehead atoms. The van der Waals surface area contributed by atoms with Crippen molar-refractivity contribution in [1.29, 1.82) is 5.26 Å². The highest BCUT2D eigenvalue weighted by Crippen LogP contribution is 2.31. The maximum atomic E-state index is 13.2. The number of aromatic nitrogens is 6. The number of nitriles is 1. The van der Waals surface area contributed by atoms with Gasteiger partial charge in [0.25, 0.3) is 11.8 Å². The zero-order valence-electron chi connectivity index (χ0n) is 21.2. The molecule has 0 radical (unpaired) electrons. The molecule has 11 nitrogen and oxygen atoms in total. The summed E-state index contributed by atoms with van der Waals surface area (Å²) in [5.41, 5.74) is 3.71. The van der Waals surface area contributed by atoms with E-state index in [-0.39, 0.29) is 24.2 Å². The molecule has 0 unspecified atom stereocenters. The van der Waals surface area contributed by atoms with Crippen LogP contribution >= 0.6 is 11.3 Å². The minimum atomic E-state index is -0.197. The van der Waals surface area contributed by atoms with Gasteiger partial charge in [-0.3, -0.25) is 14.6 Å². The quantitative estimate of drug-likeness (QED) is 0.356. The largest absolute Gasteiger partial charge is 0.337 e. The molecule has 1 fully saturated rings. The number of aryl methyl sites for hydroxylation is 2. The van der Waals surface area contributed by atoms with E-state index in [0.29, 0.717) is 48.9 Å². The highest BCUT2D eigenvalue weighted by atomic mass is 32.1. The summed E-state index contributed by atoms with van der Waals surface area (Å²) in [6, 6.07) is 7.67. The predicted octanol–water partition coefficient (Wildman–Crippen LogP) is 3.17. The Kier molecular flexibility index (Phi) is 7.37. The van der Waals surface area contributed by atoms with E-state index in [4.69, 9.17) is 5.26 Å². The van der Waals surface area contributed by atoms with Gasteiger partial charge in [-0.2, -0.15) is 10.4 Å². The fourth-order valence-corrected chi connectivity index (χ4v) is 5.60. The number of carbonyl (C=O) groups is 2. The lowest BCUT2D eigenvalue weighted by atomic mass is 9.97. The van der Waals surface area contributed by atoms with Crippen molar-refractivity contribution < 1.29 is 9.59 Å². The van der Waals surface area contributed by atoms with Gasteiger partial charge in [0.1, 0.15) is 5.69 Å².